The van der Waals surface area contributed by atoms with Gasteiger partial charge >= 0.3 is 17.9 Å². The number of Topliss-reactive ketones (excluding diaryl/α,β-unsaturated/α-hetero) is 1. The summed E-state index contributed by atoms with van der Waals surface area (Å²) in [5, 5.41) is 0. The topological polar surface area (TPSA) is 122 Å². The number of pyridine rings is 1. The Labute approximate surface area is 208 Å². The van der Waals surface area contributed by atoms with Crippen molar-refractivity contribution in [1.29, 1.82) is 0 Å². The summed E-state index contributed by atoms with van der Waals surface area (Å²) in [6, 6.07) is 4.74. The van der Waals surface area contributed by atoms with Crippen LogP contribution in [0.2, 0.25) is 0 Å². The third kappa shape index (κ3) is 3.72. The highest BCUT2D eigenvalue weighted by atomic mass is 16.6. The van der Waals surface area contributed by atoms with Gasteiger partial charge in [0, 0.05) is 30.3 Å². The van der Waals surface area contributed by atoms with Crippen molar-refractivity contribution in [2.45, 2.75) is 51.7 Å². The summed E-state index contributed by atoms with van der Waals surface area (Å²) < 4.78 is 21.8. The number of furan rings is 1. The average molecular weight is 496 g/mol. The predicted octanol–water partition coefficient (Wildman–Crippen LogP) is 3.69. The van der Waals surface area contributed by atoms with Gasteiger partial charge in [-0.25, -0.2) is 4.79 Å². The van der Waals surface area contributed by atoms with Gasteiger partial charge in [0.15, 0.2) is 11.9 Å². The lowest BCUT2D eigenvalue weighted by atomic mass is 9.43. The van der Waals surface area contributed by atoms with Gasteiger partial charge < -0.3 is 18.6 Å². The van der Waals surface area contributed by atoms with Crippen molar-refractivity contribution >= 4 is 23.7 Å². The molecule has 0 N–H and O–H groups in total. The third-order valence-electron chi connectivity index (χ3n) is 8.67. The van der Waals surface area contributed by atoms with Gasteiger partial charge in [-0.1, -0.05) is 13.8 Å². The van der Waals surface area contributed by atoms with Gasteiger partial charge in [-0.2, -0.15) is 0 Å². The van der Waals surface area contributed by atoms with Crippen molar-refractivity contribution in [2.75, 3.05) is 7.11 Å². The zero-order valence-electron chi connectivity index (χ0n) is 20.5. The number of hydrogen-bond donors (Lipinski definition) is 0. The minimum Gasteiger partial charge on any atom is -0.472 e. The molecule has 3 fully saturated rings. The fraction of sp³-hybridized carbons (Fsp3) is 0.519. The number of carbonyl (C=O) groups is 4. The molecule has 5 rings (SSSR count). The fourth-order valence-electron chi connectivity index (χ4n) is 6.95. The van der Waals surface area contributed by atoms with E-state index < -0.39 is 52.7 Å². The minimum atomic E-state index is -1.14. The molecule has 9 nitrogen and oxygen atoms in total. The molecule has 190 valence electrons. The second kappa shape index (κ2) is 8.87. The normalized spacial score (nSPS) is 35.7. The number of aromatic nitrogens is 1. The molecule has 2 aromatic rings. The van der Waals surface area contributed by atoms with Crippen LogP contribution in [0.25, 0.3) is 0 Å². The van der Waals surface area contributed by atoms with Crippen LogP contribution in [0.5, 0.6) is 0 Å². The Balaban J connectivity index is 1.54. The summed E-state index contributed by atoms with van der Waals surface area (Å²) in [6.07, 6.45) is 5.62. The highest BCUT2D eigenvalue weighted by molar-refractivity contribution is 5.96. The van der Waals surface area contributed by atoms with Gasteiger partial charge in [-0.3, -0.25) is 19.4 Å². The van der Waals surface area contributed by atoms with Crippen LogP contribution in [-0.2, 0) is 28.6 Å². The lowest BCUT2D eigenvalue weighted by Crippen LogP contribution is -2.64. The molecule has 3 aliphatic rings. The summed E-state index contributed by atoms with van der Waals surface area (Å²) in [5.41, 5.74) is -0.623. The first-order chi connectivity index (χ1) is 17.2. The lowest BCUT2D eigenvalue weighted by Gasteiger charge is -2.61. The number of hydrogen-bond acceptors (Lipinski definition) is 9. The van der Waals surface area contributed by atoms with Gasteiger partial charge in [0.1, 0.15) is 6.10 Å². The number of rotatable bonds is 4. The number of carbonyl (C=O) groups excluding carboxylic acids is 4. The summed E-state index contributed by atoms with van der Waals surface area (Å²) in [7, 11) is 1.31. The number of fused-ring (bicyclic) bond motifs is 3. The predicted molar refractivity (Wildman–Crippen MR) is 123 cm³/mol. The molecule has 7 atom stereocenters. The lowest BCUT2D eigenvalue weighted by molar-refractivity contribution is -0.208. The van der Waals surface area contributed by atoms with E-state index >= 15 is 0 Å². The molecule has 3 heterocycles. The van der Waals surface area contributed by atoms with Gasteiger partial charge in [0.05, 0.1) is 37.0 Å². The minimum absolute atomic E-state index is 0.0334. The molecule has 36 heavy (non-hydrogen) atoms. The fourth-order valence-corrected chi connectivity index (χ4v) is 6.95. The van der Waals surface area contributed by atoms with Crippen LogP contribution in [0.15, 0.2) is 47.5 Å². The molecule has 0 radical (unpaired) electrons. The SMILES string of the molecule is COC(=O)[C@@H]1C[C@H](OC(=O)c2ccncc2)C(=O)[C@H]2[C@@]1(C)CC[C@H]1C(=O)O[C@H](c3ccoc3)C[C@]21C. The molecule has 0 bridgehead atoms. The molecule has 1 aliphatic heterocycles. The Bertz CT molecular complexity index is 1180. The molecule has 2 saturated carbocycles. The first kappa shape index (κ1) is 24.2. The Kier molecular flexibility index (Phi) is 5.97. The van der Waals surface area contributed by atoms with Crippen LogP contribution in [-0.4, -0.2) is 41.9 Å². The van der Waals surface area contributed by atoms with E-state index in [0.717, 1.165) is 0 Å². The maximum atomic E-state index is 14.1. The number of ketones is 1. The van der Waals surface area contributed by atoms with Crippen LogP contribution in [0.3, 0.4) is 0 Å². The first-order valence-corrected chi connectivity index (χ1v) is 12.1. The van der Waals surface area contributed by atoms with E-state index in [1.54, 1.807) is 6.07 Å². The number of cyclic esters (lactones) is 1. The number of methoxy groups -OCH3 is 1. The van der Waals surface area contributed by atoms with Crippen molar-refractivity contribution < 1.29 is 37.8 Å². The standard InChI is InChI=1S/C27H29NO8/c1-26-8-4-17-25(32)36-20(16-7-11-34-14-16)13-27(17,2)22(26)21(29)19(12-18(26)24(31)33-3)35-23(30)15-5-9-28-10-6-15/h5-7,9-11,14,17-20,22H,4,8,12-13H2,1-3H3/t17-,18-,19-,20-,22-,26-,27-/m0/s1. The molecule has 0 aromatic carbocycles. The number of nitrogens with zero attached hydrogens (tertiary/aromatic N) is 1. The summed E-state index contributed by atoms with van der Waals surface area (Å²) >= 11 is 0. The molecule has 2 aromatic heterocycles. The Morgan fingerprint density at radius 2 is 1.86 bits per heavy atom. The molecule has 0 spiro atoms. The van der Waals surface area contributed by atoms with E-state index in [2.05, 4.69) is 4.98 Å². The molecular weight excluding hydrogens is 466 g/mol. The van der Waals surface area contributed by atoms with E-state index in [1.807, 2.05) is 13.8 Å². The maximum Gasteiger partial charge on any atom is 0.338 e. The summed E-state index contributed by atoms with van der Waals surface area (Å²) in [4.78, 5) is 57.1. The maximum absolute atomic E-state index is 14.1. The smallest absolute Gasteiger partial charge is 0.338 e. The van der Waals surface area contributed by atoms with Crippen LogP contribution >= 0.6 is 0 Å². The largest absolute Gasteiger partial charge is 0.472 e. The molecule has 0 unspecified atom stereocenters. The highest BCUT2D eigenvalue weighted by Gasteiger charge is 2.67. The van der Waals surface area contributed by atoms with Crippen molar-refractivity contribution in [1.82, 2.24) is 4.98 Å². The van der Waals surface area contributed by atoms with Gasteiger partial charge in [-0.15, -0.1) is 0 Å². The Hall–Kier alpha value is -3.49. The zero-order chi connectivity index (χ0) is 25.7. The van der Waals surface area contributed by atoms with E-state index in [-0.39, 0.29) is 23.7 Å². The Morgan fingerprint density at radius 3 is 2.53 bits per heavy atom. The van der Waals surface area contributed by atoms with Crippen molar-refractivity contribution in [2.24, 2.45) is 28.6 Å². The van der Waals surface area contributed by atoms with Gasteiger partial charge in [0.25, 0.3) is 0 Å². The van der Waals surface area contributed by atoms with Crippen LogP contribution in [0.4, 0.5) is 0 Å². The van der Waals surface area contributed by atoms with Crippen LogP contribution < -0.4 is 0 Å². The molecule has 1 saturated heterocycles. The molecular formula is C27H29NO8. The van der Waals surface area contributed by atoms with Crippen LogP contribution in [0, 0.1) is 28.6 Å². The number of esters is 3. The monoisotopic (exact) mass is 495 g/mol. The van der Waals surface area contributed by atoms with Crippen molar-refractivity contribution in [3.8, 4) is 0 Å². The van der Waals surface area contributed by atoms with E-state index in [1.165, 1.54) is 44.2 Å². The summed E-state index contributed by atoms with van der Waals surface area (Å²) in [6.45, 7) is 3.85. The molecule has 9 heteroatoms. The molecule has 0 amide bonds. The van der Waals surface area contributed by atoms with E-state index in [9.17, 15) is 19.2 Å². The first-order valence-electron chi connectivity index (χ1n) is 12.1. The zero-order valence-corrected chi connectivity index (χ0v) is 20.5. The molecule has 2 aliphatic carbocycles. The van der Waals surface area contributed by atoms with Crippen LogP contribution in [0.1, 0.15) is 61.6 Å². The average Bonchev–Trinajstić information content (AvgIpc) is 3.40. The van der Waals surface area contributed by atoms with Gasteiger partial charge in [-0.05, 0) is 48.3 Å². The highest BCUT2D eigenvalue weighted by Crippen LogP contribution is 2.65. The quantitative estimate of drug-likeness (QED) is 0.462. The van der Waals surface area contributed by atoms with Crippen molar-refractivity contribution in [3.05, 3.63) is 54.2 Å². The second-order valence-electron chi connectivity index (χ2n) is 10.6. The number of ether oxygens (including phenoxy) is 3. The second-order valence-corrected chi connectivity index (χ2v) is 10.6. The van der Waals surface area contributed by atoms with Gasteiger partial charge in [0.2, 0.25) is 0 Å². The Morgan fingerprint density at radius 1 is 1.11 bits per heavy atom. The third-order valence-corrected chi connectivity index (χ3v) is 8.67. The van der Waals surface area contributed by atoms with E-state index in [4.69, 9.17) is 18.6 Å². The summed E-state index contributed by atoms with van der Waals surface area (Å²) in [5.74, 6) is -3.67. The van der Waals surface area contributed by atoms with E-state index in [0.29, 0.717) is 24.8 Å². The van der Waals surface area contributed by atoms with Crippen molar-refractivity contribution in [3.63, 3.8) is 0 Å².